The number of hydrogen-bond acceptors (Lipinski definition) is 1. The molecule has 19 heavy (non-hydrogen) atoms. The summed E-state index contributed by atoms with van der Waals surface area (Å²) in [5.74, 6) is -1.22. The van der Waals surface area contributed by atoms with Crippen molar-refractivity contribution in [3.8, 4) is 5.75 Å². The van der Waals surface area contributed by atoms with E-state index >= 15 is 0 Å². The van der Waals surface area contributed by atoms with Crippen molar-refractivity contribution in [3.63, 3.8) is 0 Å². The molecule has 0 aliphatic rings. The molecule has 102 valence electrons. The third-order valence-corrected chi connectivity index (χ3v) is 2.40. The minimum Gasteiger partial charge on any atom is -0.404 e. The lowest BCUT2D eigenvalue weighted by molar-refractivity contribution is -0.275. The van der Waals surface area contributed by atoms with Gasteiger partial charge in [-0.25, -0.2) is 0 Å². The second-order valence-electron chi connectivity index (χ2n) is 3.71. The second-order valence-corrected chi connectivity index (χ2v) is 3.71. The van der Waals surface area contributed by atoms with E-state index in [-0.39, 0.29) is 10.8 Å². The molecule has 0 amide bonds. The molecule has 7 heteroatoms. The van der Waals surface area contributed by atoms with Gasteiger partial charge in [-0.2, -0.15) is 13.2 Å². The molecular formula is C12H6F6O. The molecule has 0 N–H and O–H groups in total. The fourth-order valence-electron chi connectivity index (χ4n) is 1.69. The molecule has 2 aromatic rings. The van der Waals surface area contributed by atoms with E-state index in [0.29, 0.717) is 6.07 Å². The zero-order valence-electron chi connectivity index (χ0n) is 9.14. The molecule has 1 nitrogen and oxygen atoms in total. The number of hydrogen-bond donors (Lipinski definition) is 0. The molecule has 0 aliphatic carbocycles. The van der Waals surface area contributed by atoms with Crippen LogP contribution in [0, 0.1) is 0 Å². The Hall–Kier alpha value is -1.92. The van der Waals surface area contributed by atoms with Crippen molar-refractivity contribution in [2.45, 2.75) is 12.5 Å². The molecule has 0 unspecified atom stereocenters. The fourth-order valence-corrected chi connectivity index (χ4v) is 1.69. The van der Waals surface area contributed by atoms with Gasteiger partial charge >= 0.3 is 12.5 Å². The van der Waals surface area contributed by atoms with Crippen molar-refractivity contribution in [2.75, 3.05) is 0 Å². The Bertz CT molecular complexity index is 599. The first-order valence-electron chi connectivity index (χ1n) is 5.03. The van der Waals surface area contributed by atoms with E-state index in [9.17, 15) is 26.3 Å². The van der Waals surface area contributed by atoms with Crippen LogP contribution in [-0.4, -0.2) is 6.36 Å². The molecule has 0 radical (unpaired) electrons. The van der Waals surface area contributed by atoms with Crippen molar-refractivity contribution in [3.05, 3.63) is 42.0 Å². The molecule has 0 heterocycles. The predicted molar refractivity (Wildman–Crippen MR) is 55.6 cm³/mol. The average molecular weight is 280 g/mol. The number of alkyl halides is 6. The van der Waals surface area contributed by atoms with Crippen LogP contribution in [0.4, 0.5) is 26.3 Å². The van der Waals surface area contributed by atoms with Gasteiger partial charge in [-0.15, -0.1) is 13.2 Å². The topological polar surface area (TPSA) is 9.23 Å². The van der Waals surface area contributed by atoms with Gasteiger partial charge in [0.05, 0.1) is 5.56 Å². The second kappa shape index (κ2) is 4.32. The molecule has 0 saturated heterocycles. The third kappa shape index (κ3) is 2.91. The number of halogens is 6. The molecule has 0 spiro atoms. The molecule has 2 rings (SSSR count). The van der Waals surface area contributed by atoms with Crippen LogP contribution in [0.25, 0.3) is 10.8 Å². The summed E-state index contributed by atoms with van der Waals surface area (Å²) in [6.07, 6.45) is -10.1. The van der Waals surface area contributed by atoms with E-state index in [1.54, 1.807) is 0 Å². The largest absolute Gasteiger partial charge is 0.573 e. The molecule has 0 fully saturated rings. The summed E-state index contributed by atoms with van der Waals surface area (Å²) in [5, 5.41) is -0.00981. The summed E-state index contributed by atoms with van der Waals surface area (Å²) < 4.78 is 78.4. The van der Waals surface area contributed by atoms with Crippen LogP contribution in [0.15, 0.2) is 36.4 Å². The molecule has 2 aromatic carbocycles. The zero-order valence-corrected chi connectivity index (χ0v) is 9.14. The molecule has 0 atom stereocenters. The van der Waals surface area contributed by atoms with Crippen LogP contribution < -0.4 is 4.74 Å². The number of fused-ring (bicyclic) bond motifs is 1. The summed E-state index contributed by atoms with van der Waals surface area (Å²) in [6, 6.07) is 7.06. The number of rotatable bonds is 1. The Labute approximate surface area is 103 Å². The highest BCUT2D eigenvalue weighted by atomic mass is 19.4. The van der Waals surface area contributed by atoms with Gasteiger partial charge in [0.15, 0.2) is 0 Å². The van der Waals surface area contributed by atoms with Crippen molar-refractivity contribution in [1.82, 2.24) is 0 Å². The van der Waals surface area contributed by atoms with Crippen LogP contribution in [0.1, 0.15) is 5.56 Å². The number of benzene rings is 2. The van der Waals surface area contributed by atoms with Crippen molar-refractivity contribution < 1.29 is 31.1 Å². The van der Waals surface area contributed by atoms with Crippen molar-refractivity contribution in [1.29, 1.82) is 0 Å². The molecule has 0 aromatic heterocycles. The Kier molecular flexibility index (Phi) is 3.07. The highest BCUT2D eigenvalue weighted by Crippen LogP contribution is 2.42. The molecule has 0 bridgehead atoms. The van der Waals surface area contributed by atoms with E-state index in [2.05, 4.69) is 4.74 Å². The van der Waals surface area contributed by atoms with E-state index in [1.165, 1.54) is 18.2 Å². The molecule has 0 saturated carbocycles. The summed E-state index contributed by atoms with van der Waals surface area (Å²) >= 11 is 0. The first kappa shape index (κ1) is 13.5. The van der Waals surface area contributed by atoms with Crippen molar-refractivity contribution in [2.24, 2.45) is 0 Å². The van der Waals surface area contributed by atoms with E-state index in [0.717, 1.165) is 12.1 Å². The third-order valence-electron chi connectivity index (χ3n) is 2.40. The Morgan fingerprint density at radius 3 is 2.00 bits per heavy atom. The van der Waals surface area contributed by atoms with Gasteiger partial charge in [-0.05, 0) is 11.5 Å². The van der Waals surface area contributed by atoms with Crippen LogP contribution >= 0.6 is 0 Å². The first-order valence-corrected chi connectivity index (χ1v) is 5.03. The first-order chi connectivity index (χ1) is 8.68. The lowest BCUT2D eigenvalue weighted by Gasteiger charge is -2.17. The fraction of sp³-hybridized carbons (Fsp3) is 0.167. The van der Waals surface area contributed by atoms with Gasteiger partial charge < -0.3 is 4.74 Å². The zero-order chi connectivity index (χ0) is 14.3. The van der Waals surface area contributed by atoms with Gasteiger partial charge in [0.2, 0.25) is 0 Å². The van der Waals surface area contributed by atoms with E-state index < -0.39 is 23.9 Å². The lowest BCUT2D eigenvalue weighted by atomic mass is 10.1. The predicted octanol–water partition coefficient (Wildman–Crippen LogP) is 4.76. The van der Waals surface area contributed by atoms with Gasteiger partial charge in [-0.3, -0.25) is 0 Å². The Balaban J connectivity index is 2.72. The minimum atomic E-state index is -5.19. The average Bonchev–Trinajstić information content (AvgIpc) is 2.25. The van der Waals surface area contributed by atoms with Crippen LogP contribution in [0.2, 0.25) is 0 Å². The molecular weight excluding hydrogens is 274 g/mol. The van der Waals surface area contributed by atoms with Gasteiger partial charge in [0.1, 0.15) is 5.75 Å². The molecule has 0 aliphatic heterocycles. The van der Waals surface area contributed by atoms with Gasteiger partial charge in [-0.1, -0.05) is 30.3 Å². The summed E-state index contributed by atoms with van der Waals surface area (Å²) in [7, 11) is 0. The van der Waals surface area contributed by atoms with Gasteiger partial charge in [0.25, 0.3) is 0 Å². The summed E-state index contributed by atoms with van der Waals surface area (Å²) in [6.45, 7) is 0. The lowest BCUT2D eigenvalue weighted by Crippen LogP contribution is -2.20. The standard InChI is InChI=1S/C12H6F6O/c13-11(14,15)9-6-5-7-3-1-2-4-8(7)10(9)19-12(16,17)18/h1-6H. The summed E-state index contributed by atoms with van der Waals surface area (Å²) in [5.41, 5.74) is -1.46. The van der Waals surface area contributed by atoms with Crippen molar-refractivity contribution >= 4 is 10.8 Å². The monoisotopic (exact) mass is 280 g/mol. The van der Waals surface area contributed by atoms with E-state index in [1.807, 2.05) is 0 Å². The van der Waals surface area contributed by atoms with Crippen LogP contribution in [0.5, 0.6) is 5.75 Å². The minimum absolute atomic E-state index is 0.231. The Morgan fingerprint density at radius 2 is 1.42 bits per heavy atom. The van der Waals surface area contributed by atoms with Gasteiger partial charge in [0, 0.05) is 5.39 Å². The highest BCUT2D eigenvalue weighted by molar-refractivity contribution is 5.89. The van der Waals surface area contributed by atoms with Crippen LogP contribution in [-0.2, 0) is 6.18 Å². The SMILES string of the molecule is FC(F)(F)Oc1c(C(F)(F)F)ccc2ccccc12. The number of ether oxygens (including phenoxy) is 1. The van der Waals surface area contributed by atoms with Crippen LogP contribution in [0.3, 0.4) is 0 Å². The quantitative estimate of drug-likeness (QED) is 0.684. The maximum absolute atomic E-state index is 12.7. The normalized spacial score (nSPS) is 12.7. The maximum atomic E-state index is 12.7. The maximum Gasteiger partial charge on any atom is 0.573 e. The Morgan fingerprint density at radius 1 is 0.789 bits per heavy atom. The highest BCUT2D eigenvalue weighted by Gasteiger charge is 2.40. The summed E-state index contributed by atoms with van der Waals surface area (Å²) in [4.78, 5) is 0. The van der Waals surface area contributed by atoms with E-state index in [4.69, 9.17) is 0 Å². The smallest absolute Gasteiger partial charge is 0.404 e.